The monoisotopic (exact) mass is 240 g/mol. The Morgan fingerprint density at radius 3 is 2.11 bits per heavy atom. The van der Waals surface area contributed by atoms with E-state index in [9.17, 15) is 0 Å². The average molecular weight is 240 g/mol. The van der Waals surface area contributed by atoms with Crippen LogP contribution in [-0.2, 0) is 0 Å². The molecule has 0 heteroatoms. The lowest BCUT2D eigenvalue weighted by atomic mass is 9.98. The van der Waals surface area contributed by atoms with Crippen LogP contribution < -0.4 is 0 Å². The molecule has 1 rings (SSSR count). The first kappa shape index (κ1) is 16.2. The molecule has 0 nitrogen and oxygen atoms in total. The van der Waals surface area contributed by atoms with E-state index >= 15 is 0 Å². The normalized spacial score (nSPS) is 10.8. The fraction of sp³-hybridized carbons (Fsp3) is 0.222. The van der Waals surface area contributed by atoms with Crippen molar-refractivity contribution >= 4 is 5.57 Å². The van der Waals surface area contributed by atoms with Gasteiger partial charge in [-0.3, -0.25) is 0 Å². The molecule has 0 aliphatic carbocycles. The minimum absolute atomic E-state index is 1.01. The number of rotatable bonds is 4. The van der Waals surface area contributed by atoms with Crippen LogP contribution in [-0.4, -0.2) is 0 Å². The number of hydrogen-bond acceptors (Lipinski definition) is 0. The molecule has 0 saturated carbocycles. The van der Waals surface area contributed by atoms with E-state index in [2.05, 4.69) is 44.3 Å². The maximum atomic E-state index is 4.11. The molecule has 0 spiro atoms. The smallest absolute Gasteiger partial charge is 0.0184 e. The van der Waals surface area contributed by atoms with E-state index in [4.69, 9.17) is 0 Å². The van der Waals surface area contributed by atoms with Crippen molar-refractivity contribution in [3.05, 3.63) is 78.4 Å². The Hall–Kier alpha value is -1.82. The molecule has 0 heterocycles. The van der Waals surface area contributed by atoms with E-state index < -0.39 is 0 Å². The molecule has 18 heavy (non-hydrogen) atoms. The topological polar surface area (TPSA) is 0 Å². The number of aryl methyl sites for hydroxylation is 1. The molecule has 0 aliphatic rings. The first-order valence-corrected chi connectivity index (χ1v) is 6.40. The van der Waals surface area contributed by atoms with E-state index in [-0.39, 0.29) is 0 Å². The number of benzene rings is 1. The maximum absolute atomic E-state index is 4.11. The minimum Gasteiger partial charge on any atom is -0.0984 e. The molecule has 0 aromatic heterocycles. The number of hydrogen-bond donors (Lipinski definition) is 0. The van der Waals surface area contributed by atoms with Gasteiger partial charge in [0.2, 0.25) is 0 Å². The van der Waals surface area contributed by atoms with E-state index in [1.54, 1.807) is 0 Å². The van der Waals surface area contributed by atoms with Crippen molar-refractivity contribution in [1.82, 2.24) is 0 Å². The second-order valence-electron chi connectivity index (χ2n) is 3.70. The molecule has 0 saturated heterocycles. The third-order valence-electron chi connectivity index (χ3n) is 2.44. The Bertz CT molecular complexity index is 428. The van der Waals surface area contributed by atoms with Gasteiger partial charge in [-0.25, -0.2) is 0 Å². The largest absolute Gasteiger partial charge is 0.0984 e. The number of allylic oxidation sites excluding steroid dienone is 6. The van der Waals surface area contributed by atoms with Crippen molar-refractivity contribution in [2.75, 3.05) is 0 Å². The average Bonchev–Trinajstić information content (AvgIpc) is 2.42. The first-order chi connectivity index (χ1) is 8.69. The van der Waals surface area contributed by atoms with Gasteiger partial charge in [0.1, 0.15) is 0 Å². The zero-order chi connectivity index (χ0) is 14.0. The molecule has 0 amide bonds. The molecule has 0 N–H and O–H groups in total. The molecule has 96 valence electrons. The predicted octanol–water partition coefficient (Wildman–Crippen LogP) is 5.72. The van der Waals surface area contributed by atoms with Crippen molar-refractivity contribution in [3.8, 4) is 0 Å². The molecule has 0 unspecified atom stereocenters. The van der Waals surface area contributed by atoms with Crippen molar-refractivity contribution in [3.63, 3.8) is 0 Å². The molecule has 0 radical (unpaired) electrons. The van der Waals surface area contributed by atoms with Crippen molar-refractivity contribution < 1.29 is 0 Å². The van der Waals surface area contributed by atoms with Crippen LogP contribution in [0.5, 0.6) is 0 Å². The van der Waals surface area contributed by atoms with Gasteiger partial charge in [0.25, 0.3) is 0 Å². The highest BCUT2D eigenvalue weighted by atomic mass is 14.1. The van der Waals surface area contributed by atoms with Crippen LogP contribution in [0.15, 0.2) is 67.3 Å². The van der Waals surface area contributed by atoms with Gasteiger partial charge >= 0.3 is 0 Å². The Morgan fingerprint density at radius 1 is 1.11 bits per heavy atom. The van der Waals surface area contributed by atoms with Gasteiger partial charge in [0.15, 0.2) is 0 Å². The SMILES string of the molecule is C=C/C(=C\C=C/C)C(=C)c1ccc(C)cc1.CC. The van der Waals surface area contributed by atoms with E-state index in [0.29, 0.717) is 0 Å². The lowest BCUT2D eigenvalue weighted by Gasteiger charge is -2.06. The fourth-order valence-corrected chi connectivity index (χ4v) is 1.41. The third-order valence-corrected chi connectivity index (χ3v) is 2.44. The molecule has 0 fully saturated rings. The summed E-state index contributed by atoms with van der Waals surface area (Å²) in [5.74, 6) is 0. The summed E-state index contributed by atoms with van der Waals surface area (Å²) in [6.45, 7) is 16.0. The van der Waals surface area contributed by atoms with Crippen LogP contribution in [0.2, 0.25) is 0 Å². The van der Waals surface area contributed by atoms with Crippen molar-refractivity contribution in [2.45, 2.75) is 27.7 Å². The van der Waals surface area contributed by atoms with Gasteiger partial charge in [0, 0.05) is 0 Å². The standard InChI is InChI=1S/C16H18.C2H6/c1-5-7-8-15(6-2)14(4)16-11-9-13(3)10-12-16;1-2/h5-12H,2,4H2,1,3H3;1-2H3/b7-5-,15-8+;. The zero-order valence-corrected chi connectivity index (χ0v) is 12.0. The summed E-state index contributed by atoms with van der Waals surface area (Å²) in [5, 5.41) is 0. The van der Waals surface area contributed by atoms with Gasteiger partial charge < -0.3 is 0 Å². The van der Waals surface area contributed by atoms with Gasteiger partial charge in [-0.15, -0.1) is 0 Å². The molecular formula is C18H24. The van der Waals surface area contributed by atoms with Gasteiger partial charge in [-0.2, -0.15) is 0 Å². The maximum Gasteiger partial charge on any atom is -0.0184 e. The van der Waals surface area contributed by atoms with E-state index in [1.807, 2.05) is 45.1 Å². The Morgan fingerprint density at radius 2 is 1.67 bits per heavy atom. The van der Waals surface area contributed by atoms with Crippen LogP contribution in [0.3, 0.4) is 0 Å². The third kappa shape index (κ3) is 5.01. The molecule has 0 bridgehead atoms. The summed E-state index contributed by atoms with van der Waals surface area (Å²) < 4.78 is 0. The van der Waals surface area contributed by atoms with Crippen LogP contribution in [0.1, 0.15) is 31.9 Å². The van der Waals surface area contributed by atoms with Crippen LogP contribution in [0.25, 0.3) is 5.57 Å². The highest BCUT2D eigenvalue weighted by Crippen LogP contribution is 2.22. The van der Waals surface area contributed by atoms with Crippen LogP contribution >= 0.6 is 0 Å². The molecule has 0 atom stereocenters. The Balaban J connectivity index is 0.00000137. The summed E-state index contributed by atoms with van der Waals surface area (Å²) >= 11 is 0. The fourth-order valence-electron chi connectivity index (χ4n) is 1.41. The quantitative estimate of drug-likeness (QED) is 0.590. The van der Waals surface area contributed by atoms with Gasteiger partial charge in [-0.1, -0.05) is 81.1 Å². The predicted molar refractivity (Wildman–Crippen MR) is 84.7 cm³/mol. The second-order valence-corrected chi connectivity index (χ2v) is 3.70. The Labute approximate surface area is 112 Å². The summed E-state index contributed by atoms with van der Waals surface area (Å²) in [4.78, 5) is 0. The lowest BCUT2D eigenvalue weighted by Crippen LogP contribution is -1.85. The highest BCUT2D eigenvalue weighted by Gasteiger charge is 2.01. The van der Waals surface area contributed by atoms with Gasteiger partial charge in [-0.05, 0) is 30.6 Å². The Kier molecular flexibility index (Phi) is 8.30. The van der Waals surface area contributed by atoms with E-state index in [0.717, 1.165) is 16.7 Å². The summed E-state index contributed by atoms with van der Waals surface area (Å²) in [7, 11) is 0. The van der Waals surface area contributed by atoms with Crippen molar-refractivity contribution in [1.29, 1.82) is 0 Å². The molecule has 1 aromatic rings. The summed E-state index contributed by atoms with van der Waals surface area (Å²) in [5.41, 5.74) is 4.46. The minimum atomic E-state index is 1.01. The highest BCUT2D eigenvalue weighted by molar-refractivity contribution is 5.80. The molecule has 1 aromatic carbocycles. The zero-order valence-electron chi connectivity index (χ0n) is 12.0. The van der Waals surface area contributed by atoms with Gasteiger partial charge in [0.05, 0.1) is 0 Å². The van der Waals surface area contributed by atoms with E-state index in [1.165, 1.54) is 5.56 Å². The lowest BCUT2D eigenvalue weighted by molar-refractivity contribution is 1.45. The second kappa shape index (κ2) is 9.23. The summed E-state index contributed by atoms with van der Waals surface area (Å²) in [6.07, 6.45) is 7.85. The molecule has 0 aliphatic heterocycles. The summed E-state index contributed by atoms with van der Waals surface area (Å²) in [6, 6.07) is 8.36. The first-order valence-electron chi connectivity index (χ1n) is 6.40. The molecular weight excluding hydrogens is 216 g/mol. The van der Waals surface area contributed by atoms with Crippen LogP contribution in [0.4, 0.5) is 0 Å². The van der Waals surface area contributed by atoms with Crippen LogP contribution in [0, 0.1) is 6.92 Å². The van der Waals surface area contributed by atoms with Crippen molar-refractivity contribution in [2.24, 2.45) is 0 Å².